The molecule has 1 aromatic heterocycles. The molecule has 3 N–H and O–H groups in total. The van der Waals surface area contributed by atoms with E-state index in [0.29, 0.717) is 16.9 Å². The monoisotopic (exact) mass is 239 g/mol. The zero-order chi connectivity index (χ0) is 11.4. The van der Waals surface area contributed by atoms with E-state index in [1.807, 2.05) is 6.07 Å². The number of aromatic nitrogens is 1. The molecule has 0 aliphatic heterocycles. The fraction of sp³-hybridized carbons (Fsp3) is 0.583. The van der Waals surface area contributed by atoms with Crippen molar-refractivity contribution in [3.8, 4) is 0 Å². The van der Waals surface area contributed by atoms with Crippen LogP contribution in [0.15, 0.2) is 12.1 Å². The van der Waals surface area contributed by atoms with Gasteiger partial charge in [0.15, 0.2) is 0 Å². The number of nitrogen functional groups attached to an aromatic ring is 1. The lowest BCUT2D eigenvalue weighted by atomic mass is 10.1. The summed E-state index contributed by atoms with van der Waals surface area (Å²) in [5.74, 6) is 0.803. The number of rotatable bonds is 2. The van der Waals surface area contributed by atoms with Crippen molar-refractivity contribution < 1.29 is 0 Å². The van der Waals surface area contributed by atoms with Crippen LogP contribution in [0.1, 0.15) is 38.5 Å². The standard InChI is InChI=1S/C12H18ClN3/c13-11-7-9(14)8-12(16-11)15-10-5-3-1-2-4-6-10/h7-8,10H,1-6H2,(H3,14,15,16). The fourth-order valence-corrected chi connectivity index (χ4v) is 2.44. The maximum absolute atomic E-state index is 5.87. The molecule has 88 valence electrons. The lowest BCUT2D eigenvalue weighted by Crippen LogP contribution is -2.19. The fourth-order valence-electron chi connectivity index (χ4n) is 2.22. The smallest absolute Gasteiger partial charge is 0.133 e. The van der Waals surface area contributed by atoms with Gasteiger partial charge in [-0.25, -0.2) is 4.98 Å². The zero-order valence-corrected chi connectivity index (χ0v) is 10.1. The van der Waals surface area contributed by atoms with Crippen LogP contribution in [0.25, 0.3) is 0 Å². The second-order valence-corrected chi connectivity index (χ2v) is 4.83. The summed E-state index contributed by atoms with van der Waals surface area (Å²) in [6, 6.07) is 4.03. The van der Waals surface area contributed by atoms with Crippen molar-refractivity contribution in [1.29, 1.82) is 0 Å². The molecule has 1 heterocycles. The van der Waals surface area contributed by atoms with E-state index < -0.39 is 0 Å². The van der Waals surface area contributed by atoms with Crippen LogP contribution in [-0.4, -0.2) is 11.0 Å². The van der Waals surface area contributed by atoms with E-state index in [1.54, 1.807) is 6.07 Å². The molecule has 1 saturated carbocycles. The van der Waals surface area contributed by atoms with Gasteiger partial charge in [0, 0.05) is 17.8 Å². The highest BCUT2D eigenvalue weighted by atomic mass is 35.5. The van der Waals surface area contributed by atoms with Gasteiger partial charge >= 0.3 is 0 Å². The Morgan fingerprint density at radius 3 is 2.50 bits per heavy atom. The Morgan fingerprint density at radius 1 is 1.19 bits per heavy atom. The predicted molar refractivity (Wildman–Crippen MR) is 68.8 cm³/mol. The minimum Gasteiger partial charge on any atom is -0.399 e. The third-order valence-electron chi connectivity index (χ3n) is 3.02. The van der Waals surface area contributed by atoms with Crippen LogP contribution < -0.4 is 11.1 Å². The summed E-state index contributed by atoms with van der Waals surface area (Å²) in [5.41, 5.74) is 6.39. The molecular weight excluding hydrogens is 222 g/mol. The molecule has 1 fully saturated rings. The third-order valence-corrected chi connectivity index (χ3v) is 3.22. The molecule has 0 saturated heterocycles. The van der Waals surface area contributed by atoms with Gasteiger partial charge in [0.05, 0.1) is 0 Å². The SMILES string of the molecule is Nc1cc(Cl)nc(NC2CCCCCC2)c1. The summed E-state index contributed by atoms with van der Waals surface area (Å²) in [4.78, 5) is 4.23. The van der Waals surface area contributed by atoms with Crippen molar-refractivity contribution in [3.63, 3.8) is 0 Å². The minimum atomic E-state index is 0.455. The first-order chi connectivity index (χ1) is 7.74. The highest BCUT2D eigenvalue weighted by Crippen LogP contribution is 2.22. The van der Waals surface area contributed by atoms with Gasteiger partial charge in [-0.15, -0.1) is 0 Å². The average Bonchev–Trinajstić information content (AvgIpc) is 2.44. The largest absolute Gasteiger partial charge is 0.399 e. The molecule has 4 heteroatoms. The minimum absolute atomic E-state index is 0.455. The number of nitrogens with two attached hydrogens (primary N) is 1. The van der Waals surface area contributed by atoms with E-state index in [-0.39, 0.29) is 0 Å². The first kappa shape index (κ1) is 11.5. The van der Waals surface area contributed by atoms with E-state index in [4.69, 9.17) is 17.3 Å². The van der Waals surface area contributed by atoms with Crippen molar-refractivity contribution in [2.24, 2.45) is 0 Å². The van der Waals surface area contributed by atoms with Gasteiger partial charge in [0.25, 0.3) is 0 Å². The average molecular weight is 240 g/mol. The van der Waals surface area contributed by atoms with Crippen LogP contribution in [0.2, 0.25) is 5.15 Å². The summed E-state index contributed by atoms with van der Waals surface area (Å²) in [7, 11) is 0. The van der Waals surface area contributed by atoms with Gasteiger partial charge in [0.1, 0.15) is 11.0 Å². The van der Waals surface area contributed by atoms with Crippen LogP contribution >= 0.6 is 11.6 Å². The van der Waals surface area contributed by atoms with Crippen molar-refractivity contribution in [3.05, 3.63) is 17.3 Å². The van der Waals surface area contributed by atoms with Crippen molar-refractivity contribution in [2.45, 2.75) is 44.6 Å². The molecule has 16 heavy (non-hydrogen) atoms. The molecule has 1 aliphatic carbocycles. The number of nitrogens with zero attached hydrogens (tertiary/aromatic N) is 1. The van der Waals surface area contributed by atoms with Gasteiger partial charge in [-0.05, 0) is 18.9 Å². The molecule has 0 radical (unpaired) electrons. The number of hydrogen-bond donors (Lipinski definition) is 2. The Kier molecular flexibility index (Phi) is 3.88. The van der Waals surface area contributed by atoms with Crippen molar-refractivity contribution in [1.82, 2.24) is 4.98 Å². The molecule has 0 spiro atoms. The summed E-state index contributed by atoms with van der Waals surface area (Å²) >= 11 is 5.87. The molecule has 3 nitrogen and oxygen atoms in total. The Bertz CT molecular complexity index is 326. The Morgan fingerprint density at radius 2 is 1.88 bits per heavy atom. The van der Waals surface area contributed by atoms with Crippen LogP contribution in [0.5, 0.6) is 0 Å². The first-order valence-corrected chi connectivity index (χ1v) is 6.31. The van der Waals surface area contributed by atoms with Gasteiger partial charge < -0.3 is 11.1 Å². The van der Waals surface area contributed by atoms with Gasteiger partial charge in [-0.2, -0.15) is 0 Å². The van der Waals surface area contributed by atoms with Crippen molar-refractivity contribution in [2.75, 3.05) is 11.1 Å². The van der Waals surface area contributed by atoms with Crippen molar-refractivity contribution >= 4 is 23.1 Å². The van der Waals surface area contributed by atoms with E-state index >= 15 is 0 Å². The topological polar surface area (TPSA) is 50.9 Å². The van der Waals surface area contributed by atoms with Crippen LogP contribution in [0.4, 0.5) is 11.5 Å². The second-order valence-electron chi connectivity index (χ2n) is 4.44. The summed E-state index contributed by atoms with van der Waals surface area (Å²) < 4.78 is 0. The molecule has 0 bridgehead atoms. The molecular formula is C12H18ClN3. The number of nitrogens with one attached hydrogen (secondary N) is 1. The molecule has 1 aromatic rings. The lowest BCUT2D eigenvalue weighted by Gasteiger charge is -2.17. The maximum Gasteiger partial charge on any atom is 0.133 e. The number of pyridine rings is 1. The highest BCUT2D eigenvalue weighted by Gasteiger charge is 2.12. The molecule has 0 unspecified atom stereocenters. The summed E-state index contributed by atoms with van der Waals surface area (Å²) in [6.45, 7) is 0. The highest BCUT2D eigenvalue weighted by molar-refractivity contribution is 6.29. The lowest BCUT2D eigenvalue weighted by molar-refractivity contribution is 0.618. The van der Waals surface area contributed by atoms with Gasteiger partial charge in [0.2, 0.25) is 0 Å². The Hall–Kier alpha value is -0.960. The normalized spacial score (nSPS) is 18.1. The van der Waals surface area contributed by atoms with Crippen LogP contribution in [-0.2, 0) is 0 Å². The van der Waals surface area contributed by atoms with E-state index in [0.717, 1.165) is 5.82 Å². The molecule has 0 aromatic carbocycles. The number of hydrogen-bond acceptors (Lipinski definition) is 3. The van der Waals surface area contributed by atoms with Gasteiger partial charge in [-0.3, -0.25) is 0 Å². The second kappa shape index (κ2) is 5.39. The third kappa shape index (κ3) is 3.27. The molecule has 0 atom stereocenters. The predicted octanol–water partition coefficient (Wildman–Crippen LogP) is 3.45. The Balaban J connectivity index is 2.01. The molecule has 0 amide bonds. The molecule has 2 rings (SSSR count). The quantitative estimate of drug-likeness (QED) is 0.614. The zero-order valence-electron chi connectivity index (χ0n) is 9.38. The van der Waals surface area contributed by atoms with Gasteiger partial charge in [-0.1, -0.05) is 37.3 Å². The van der Waals surface area contributed by atoms with Crippen LogP contribution in [0.3, 0.4) is 0 Å². The number of halogens is 1. The Labute approximate surface area is 101 Å². The van der Waals surface area contributed by atoms with E-state index in [9.17, 15) is 0 Å². The number of anilines is 2. The molecule has 1 aliphatic rings. The summed E-state index contributed by atoms with van der Waals surface area (Å²) in [5, 5.41) is 3.88. The maximum atomic E-state index is 5.87. The van der Waals surface area contributed by atoms with E-state index in [2.05, 4.69) is 10.3 Å². The summed E-state index contributed by atoms with van der Waals surface area (Å²) in [6.07, 6.45) is 7.73. The first-order valence-electron chi connectivity index (χ1n) is 5.93. The van der Waals surface area contributed by atoms with E-state index in [1.165, 1.54) is 38.5 Å². The van der Waals surface area contributed by atoms with Crippen LogP contribution in [0, 0.1) is 0 Å².